The summed E-state index contributed by atoms with van der Waals surface area (Å²) in [7, 11) is 0. The maximum atomic E-state index is 12.7. The number of amides is 1. The van der Waals surface area contributed by atoms with Crippen molar-refractivity contribution in [1.29, 1.82) is 0 Å². The molecule has 0 atom stereocenters. The van der Waals surface area contributed by atoms with Crippen LogP contribution in [0.15, 0.2) is 5.16 Å². The summed E-state index contributed by atoms with van der Waals surface area (Å²) < 4.78 is 0. The molecule has 5 rings (SSSR count). The number of rotatable bonds is 2. The summed E-state index contributed by atoms with van der Waals surface area (Å²) in [4.78, 5) is 31.3. The lowest BCUT2D eigenvalue weighted by Crippen LogP contribution is -2.50. The van der Waals surface area contributed by atoms with E-state index < -0.39 is 0 Å². The zero-order chi connectivity index (χ0) is 16.0. The van der Waals surface area contributed by atoms with E-state index in [2.05, 4.69) is 5.16 Å². The fourth-order valence-corrected chi connectivity index (χ4v) is 5.73. The normalized spacial score (nSPS) is 38.6. The van der Waals surface area contributed by atoms with Gasteiger partial charge in [0.05, 0.1) is 11.1 Å². The van der Waals surface area contributed by atoms with E-state index in [-0.39, 0.29) is 17.3 Å². The molecule has 4 saturated carbocycles. The zero-order valence-corrected chi connectivity index (χ0v) is 13.9. The average Bonchev–Trinajstić information content (AvgIpc) is 2.51. The smallest absolute Gasteiger partial charge is 0.341 e. The molecule has 1 amide bonds. The topological polar surface area (TPSA) is 59.0 Å². The number of hydrogen-bond donors (Lipinski definition) is 0. The Balaban J connectivity index is 1.37. The van der Waals surface area contributed by atoms with Crippen LogP contribution >= 0.6 is 0 Å². The van der Waals surface area contributed by atoms with Gasteiger partial charge in [0.25, 0.3) is 0 Å². The van der Waals surface area contributed by atoms with Crippen LogP contribution in [0.1, 0.15) is 58.3 Å². The molecule has 1 saturated heterocycles. The highest BCUT2D eigenvalue weighted by atomic mass is 16.7. The van der Waals surface area contributed by atoms with Crippen molar-refractivity contribution in [2.45, 2.75) is 58.3 Å². The van der Waals surface area contributed by atoms with Crippen molar-refractivity contribution in [3.05, 3.63) is 0 Å². The monoisotopic (exact) mass is 318 g/mol. The van der Waals surface area contributed by atoms with E-state index in [9.17, 15) is 9.59 Å². The molecule has 23 heavy (non-hydrogen) atoms. The van der Waals surface area contributed by atoms with Gasteiger partial charge in [0.15, 0.2) is 0 Å². The van der Waals surface area contributed by atoms with E-state index >= 15 is 0 Å². The van der Waals surface area contributed by atoms with E-state index in [1.165, 1.54) is 19.3 Å². The van der Waals surface area contributed by atoms with E-state index in [1.54, 1.807) is 6.92 Å². The lowest BCUT2D eigenvalue weighted by molar-refractivity contribution is -0.171. The molecule has 5 heteroatoms. The van der Waals surface area contributed by atoms with E-state index in [4.69, 9.17) is 4.84 Å². The lowest BCUT2D eigenvalue weighted by atomic mass is 9.49. The summed E-state index contributed by atoms with van der Waals surface area (Å²) in [5, 5.41) is 4.16. The van der Waals surface area contributed by atoms with Gasteiger partial charge in [-0.1, -0.05) is 5.16 Å². The molecule has 0 spiro atoms. The minimum atomic E-state index is -0.237. The van der Waals surface area contributed by atoms with Crippen molar-refractivity contribution in [3.63, 3.8) is 0 Å². The van der Waals surface area contributed by atoms with Crippen LogP contribution in [-0.2, 0) is 14.4 Å². The number of carbonyl (C=O) groups excluding carboxylic acids is 2. The molecule has 0 aromatic carbocycles. The lowest BCUT2D eigenvalue weighted by Gasteiger charge is -2.54. The Morgan fingerprint density at radius 1 is 1.04 bits per heavy atom. The highest BCUT2D eigenvalue weighted by Gasteiger charge is 2.55. The van der Waals surface area contributed by atoms with Crippen molar-refractivity contribution >= 4 is 17.6 Å². The van der Waals surface area contributed by atoms with Crippen molar-refractivity contribution in [2.75, 3.05) is 13.1 Å². The van der Waals surface area contributed by atoms with Gasteiger partial charge in [0, 0.05) is 32.9 Å². The number of piperidine rings is 1. The molecule has 0 aromatic heterocycles. The van der Waals surface area contributed by atoms with Crippen LogP contribution < -0.4 is 0 Å². The Morgan fingerprint density at radius 2 is 1.57 bits per heavy atom. The van der Waals surface area contributed by atoms with Crippen LogP contribution in [0.2, 0.25) is 0 Å². The van der Waals surface area contributed by atoms with Gasteiger partial charge in [-0.15, -0.1) is 0 Å². The number of carbonyl (C=O) groups is 2. The van der Waals surface area contributed by atoms with Crippen molar-refractivity contribution in [1.82, 2.24) is 4.90 Å². The zero-order valence-electron chi connectivity index (χ0n) is 13.9. The third-order valence-electron chi connectivity index (χ3n) is 6.51. The van der Waals surface area contributed by atoms with Gasteiger partial charge in [0.1, 0.15) is 0 Å². The Morgan fingerprint density at radius 3 is 2.04 bits per heavy atom. The van der Waals surface area contributed by atoms with Crippen LogP contribution in [0.3, 0.4) is 0 Å². The Labute approximate surface area is 137 Å². The first-order valence-corrected chi connectivity index (χ1v) is 9.07. The SMILES string of the molecule is CC(=O)N1CCC(=NOC(=O)C23CC4CC(CC(C4)C2)C3)CC1. The second-order valence-electron chi connectivity index (χ2n) is 8.24. The van der Waals surface area contributed by atoms with E-state index in [1.807, 2.05) is 4.90 Å². The van der Waals surface area contributed by atoms with E-state index in [0.717, 1.165) is 42.7 Å². The standard InChI is InChI=1S/C18H26N2O3/c1-12(21)20-4-2-16(3-5-20)19-23-17(22)18-9-13-6-14(10-18)8-15(7-13)11-18/h13-15H,2-11H2,1H3. The fraction of sp³-hybridized carbons (Fsp3) is 0.833. The molecule has 126 valence electrons. The molecule has 0 radical (unpaired) electrons. The first kappa shape index (κ1) is 15.2. The largest absolute Gasteiger partial charge is 0.342 e. The van der Waals surface area contributed by atoms with E-state index in [0.29, 0.717) is 25.9 Å². The second kappa shape index (κ2) is 5.60. The first-order valence-electron chi connectivity index (χ1n) is 9.07. The average molecular weight is 318 g/mol. The van der Waals surface area contributed by atoms with Gasteiger partial charge in [-0.05, 0) is 56.3 Å². The van der Waals surface area contributed by atoms with Crippen molar-refractivity contribution in [3.8, 4) is 0 Å². The molecule has 5 nitrogen and oxygen atoms in total. The van der Waals surface area contributed by atoms with Crippen LogP contribution in [0.5, 0.6) is 0 Å². The van der Waals surface area contributed by atoms with Crippen LogP contribution in [0.4, 0.5) is 0 Å². The molecule has 5 fully saturated rings. The van der Waals surface area contributed by atoms with Gasteiger partial charge in [-0.2, -0.15) is 0 Å². The summed E-state index contributed by atoms with van der Waals surface area (Å²) in [6.45, 7) is 2.96. The molecule has 0 N–H and O–H groups in total. The molecule has 1 heterocycles. The summed E-state index contributed by atoms with van der Waals surface area (Å²) in [5.74, 6) is 2.23. The molecular weight excluding hydrogens is 292 g/mol. The Bertz CT molecular complexity index is 509. The summed E-state index contributed by atoms with van der Waals surface area (Å²) in [5.41, 5.74) is 0.680. The number of likely N-dealkylation sites (tertiary alicyclic amines) is 1. The van der Waals surface area contributed by atoms with Gasteiger partial charge in [0.2, 0.25) is 5.91 Å². The summed E-state index contributed by atoms with van der Waals surface area (Å²) in [6, 6.07) is 0. The molecule has 0 aromatic rings. The summed E-state index contributed by atoms with van der Waals surface area (Å²) >= 11 is 0. The molecular formula is C18H26N2O3. The predicted molar refractivity (Wildman–Crippen MR) is 85.6 cm³/mol. The third-order valence-corrected chi connectivity index (χ3v) is 6.51. The predicted octanol–water partition coefficient (Wildman–Crippen LogP) is 2.74. The number of hydrogen-bond acceptors (Lipinski definition) is 4. The minimum absolute atomic E-state index is 0.0851. The maximum Gasteiger partial charge on any atom is 0.341 e. The quantitative estimate of drug-likeness (QED) is 0.581. The van der Waals surface area contributed by atoms with Crippen LogP contribution in [0.25, 0.3) is 0 Å². The second-order valence-corrected chi connectivity index (χ2v) is 8.24. The van der Waals surface area contributed by atoms with Crippen molar-refractivity contribution in [2.24, 2.45) is 28.3 Å². The molecule has 1 aliphatic heterocycles. The molecule has 4 aliphatic carbocycles. The van der Waals surface area contributed by atoms with Gasteiger partial charge in [-0.25, -0.2) is 4.79 Å². The molecule has 4 bridgehead atoms. The number of oxime groups is 1. The first-order chi connectivity index (χ1) is 11.0. The van der Waals surface area contributed by atoms with Gasteiger partial charge in [-0.3, -0.25) is 4.79 Å². The Hall–Kier alpha value is -1.39. The molecule has 0 unspecified atom stereocenters. The van der Waals surface area contributed by atoms with Gasteiger partial charge < -0.3 is 9.74 Å². The van der Waals surface area contributed by atoms with Gasteiger partial charge >= 0.3 is 5.97 Å². The Kier molecular flexibility index (Phi) is 3.69. The highest BCUT2D eigenvalue weighted by Crippen LogP contribution is 2.60. The van der Waals surface area contributed by atoms with Crippen LogP contribution in [0, 0.1) is 23.2 Å². The maximum absolute atomic E-state index is 12.7. The third kappa shape index (κ3) is 2.79. The van der Waals surface area contributed by atoms with Crippen LogP contribution in [-0.4, -0.2) is 35.6 Å². The number of nitrogens with zero attached hydrogens (tertiary/aromatic N) is 2. The fourth-order valence-electron chi connectivity index (χ4n) is 5.73. The summed E-state index contributed by atoms with van der Waals surface area (Å²) in [6.07, 6.45) is 8.44. The minimum Gasteiger partial charge on any atom is -0.342 e. The highest BCUT2D eigenvalue weighted by molar-refractivity contribution is 5.88. The van der Waals surface area contributed by atoms with Crippen molar-refractivity contribution < 1.29 is 14.4 Å². The molecule has 5 aliphatic rings.